The number of fused-ring (bicyclic) bond motifs is 3. The van der Waals surface area contributed by atoms with Crippen LogP contribution in [0.1, 0.15) is 42.9 Å². The first-order valence-corrected chi connectivity index (χ1v) is 10.5. The minimum Gasteiger partial charge on any atom is -0.466 e. The van der Waals surface area contributed by atoms with Gasteiger partial charge in [0.25, 0.3) is 0 Å². The van der Waals surface area contributed by atoms with Crippen LogP contribution < -0.4 is 0 Å². The summed E-state index contributed by atoms with van der Waals surface area (Å²) in [4.78, 5) is 25.4. The maximum atomic E-state index is 11.8. The third-order valence-electron chi connectivity index (χ3n) is 5.66. The lowest BCUT2D eigenvalue weighted by atomic mass is 9.81. The molecule has 3 saturated heterocycles. The summed E-state index contributed by atoms with van der Waals surface area (Å²) >= 11 is 0. The van der Waals surface area contributed by atoms with Gasteiger partial charge in [-0.25, -0.2) is 0 Å². The second-order valence-electron chi connectivity index (χ2n) is 7.70. The molecule has 1 N–H and O–H groups in total. The SMILES string of the molecule is C=CCc1cc(COC(=O)CC(=O)OCC)ccc1C#CC1C(O)C2CCN1CC2. The first-order chi connectivity index (χ1) is 14.5. The van der Waals surface area contributed by atoms with Crippen molar-refractivity contribution in [2.24, 2.45) is 5.92 Å². The van der Waals surface area contributed by atoms with Crippen LogP contribution in [0, 0.1) is 17.8 Å². The molecule has 4 rings (SSSR count). The molecule has 0 radical (unpaired) electrons. The first-order valence-electron chi connectivity index (χ1n) is 10.5. The highest BCUT2D eigenvalue weighted by Gasteiger charge is 2.40. The Morgan fingerprint density at radius 3 is 2.67 bits per heavy atom. The molecule has 0 spiro atoms. The Bertz CT molecular complexity index is 843. The summed E-state index contributed by atoms with van der Waals surface area (Å²) in [6.45, 7) is 7.80. The van der Waals surface area contributed by atoms with Crippen LogP contribution in [-0.2, 0) is 32.1 Å². The number of carbonyl (C=O) groups excluding carboxylic acids is 2. The number of benzene rings is 1. The zero-order valence-electron chi connectivity index (χ0n) is 17.4. The molecule has 6 nitrogen and oxygen atoms in total. The van der Waals surface area contributed by atoms with Crippen molar-refractivity contribution in [1.82, 2.24) is 4.90 Å². The van der Waals surface area contributed by atoms with Crippen molar-refractivity contribution < 1.29 is 24.2 Å². The van der Waals surface area contributed by atoms with E-state index in [2.05, 4.69) is 23.3 Å². The molecule has 1 aromatic carbocycles. The van der Waals surface area contributed by atoms with Crippen LogP contribution in [0.4, 0.5) is 0 Å². The number of allylic oxidation sites excluding steroid dienone is 1. The molecule has 2 bridgehead atoms. The largest absolute Gasteiger partial charge is 0.466 e. The van der Waals surface area contributed by atoms with E-state index in [1.54, 1.807) is 13.0 Å². The van der Waals surface area contributed by atoms with Crippen molar-refractivity contribution in [2.75, 3.05) is 19.7 Å². The van der Waals surface area contributed by atoms with Gasteiger partial charge < -0.3 is 14.6 Å². The fourth-order valence-corrected chi connectivity index (χ4v) is 4.07. The average molecular weight is 411 g/mol. The molecule has 2 unspecified atom stereocenters. The van der Waals surface area contributed by atoms with Crippen LogP contribution in [0.3, 0.4) is 0 Å². The van der Waals surface area contributed by atoms with E-state index >= 15 is 0 Å². The van der Waals surface area contributed by atoms with Gasteiger partial charge in [0.05, 0.1) is 18.8 Å². The van der Waals surface area contributed by atoms with Gasteiger partial charge >= 0.3 is 11.9 Å². The molecule has 2 atom stereocenters. The number of esters is 2. The van der Waals surface area contributed by atoms with Crippen LogP contribution in [0.15, 0.2) is 30.9 Å². The van der Waals surface area contributed by atoms with Gasteiger partial charge in [-0.1, -0.05) is 30.0 Å². The summed E-state index contributed by atoms with van der Waals surface area (Å²) < 4.78 is 9.93. The summed E-state index contributed by atoms with van der Waals surface area (Å²) in [5, 5.41) is 10.5. The van der Waals surface area contributed by atoms with Crippen molar-refractivity contribution in [3.8, 4) is 11.8 Å². The molecule has 0 aliphatic carbocycles. The van der Waals surface area contributed by atoms with Crippen LogP contribution in [0.5, 0.6) is 0 Å². The second kappa shape index (κ2) is 10.4. The Balaban J connectivity index is 1.66. The van der Waals surface area contributed by atoms with Gasteiger partial charge in [-0.3, -0.25) is 14.5 Å². The topological polar surface area (TPSA) is 76.1 Å². The van der Waals surface area contributed by atoms with E-state index in [9.17, 15) is 14.7 Å². The maximum Gasteiger partial charge on any atom is 0.317 e. The van der Waals surface area contributed by atoms with Gasteiger partial charge in [0.15, 0.2) is 0 Å². The van der Waals surface area contributed by atoms with Gasteiger partial charge in [-0.2, -0.15) is 0 Å². The molecule has 1 aromatic rings. The van der Waals surface area contributed by atoms with Gasteiger partial charge in [-0.15, -0.1) is 6.58 Å². The van der Waals surface area contributed by atoms with Crippen LogP contribution in [0.2, 0.25) is 0 Å². The normalized spacial score (nSPS) is 24.5. The molecule has 3 heterocycles. The number of carbonyl (C=O) groups is 2. The minimum absolute atomic E-state index is 0.0763. The predicted octanol–water partition coefficient (Wildman–Crippen LogP) is 2.22. The number of ether oxygens (including phenoxy) is 2. The van der Waals surface area contributed by atoms with E-state index < -0.39 is 18.4 Å². The van der Waals surface area contributed by atoms with E-state index in [-0.39, 0.29) is 25.4 Å². The number of hydrogen-bond acceptors (Lipinski definition) is 6. The maximum absolute atomic E-state index is 11.8. The molecular formula is C24H29NO5. The van der Waals surface area contributed by atoms with Crippen molar-refractivity contribution in [2.45, 2.75) is 51.4 Å². The van der Waals surface area contributed by atoms with Crippen molar-refractivity contribution in [1.29, 1.82) is 0 Å². The monoisotopic (exact) mass is 411 g/mol. The van der Waals surface area contributed by atoms with Crippen LogP contribution >= 0.6 is 0 Å². The number of hydrogen-bond donors (Lipinski definition) is 1. The number of piperidine rings is 3. The zero-order chi connectivity index (χ0) is 21.5. The number of aliphatic hydroxyl groups excluding tert-OH is 1. The standard InChI is InChI=1S/C24H29NO5/c1-3-5-20-14-17(16-30-23(27)15-22(26)29-4-2)6-7-18(20)8-9-21-24(28)19-10-12-25(21)13-11-19/h3,6-7,14,19,21,24,28H,1,4-5,10-13,15-16H2,2H3. The average Bonchev–Trinajstić information content (AvgIpc) is 2.74. The highest BCUT2D eigenvalue weighted by Crippen LogP contribution is 2.32. The lowest BCUT2D eigenvalue weighted by Crippen LogP contribution is -2.57. The van der Waals surface area contributed by atoms with E-state index in [1.165, 1.54) is 0 Å². The molecule has 30 heavy (non-hydrogen) atoms. The minimum atomic E-state index is -0.613. The first kappa shape index (κ1) is 22.1. The quantitative estimate of drug-likeness (QED) is 0.321. The van der Waals surface area contributed by atoms with Gasteiger partial charge in [0, 0.05) is 5.56 Å². The lowest BCUT2D eigenvalue weighted by Gasteiger charge is -2.46. The molecule has 0 saturated carbocycles. The van der Waals surface area contributed by atoms with Gasteiger partial charge in [-0.05, 0) is 62.4 Å². The smallest absolute Gasteiger partial charge is 0.317 e. The van der Waals surface area contributed by atoms with Crippen LogP contribution in [-0.4, -0.2) is 53.8 Å². The summed E-state index contributed by atoms with van der Waals surface area (Å²) in [5.74, 6) is 5.68. The number of rotatable bonds is 7. The molecular weight excluding hydrogens is 382 g/mol. The molecule has 160 valence electrons. The third kappa shape index (κ3) is 5.50. The third-order valence-corrected chi connectivity index (χ3v) is 5.66. The summed E-state index contributed by atoms with van der Waals surface area (Å²) in [6, 6.07) is 5.59. The molecule has 3 aliphatic rings. The highest BCUT2D eigenvalue weighted by atomic mass is 16.6. The zero-order valence-corrected chi connectivity index (χ0v) is 17.4. The molecule has 0 aromatic heterocycles. The fraction of sp³-hybridized carbons (Fsp3) is 0.500. The predicted molar refractivity (Wildman–Crippen MR) is 112 cm³/mol. The molecule has 3 fully saturated rings. The Morgan fingerprint density at radius 1 is 1.27 bits per heavy atom. The Morgan fingerprint density at radius 2 is 2.00 bits per heavy atom. The second-order valence-corrected chi connectivity index (χ2v) is 7.70. The van der Waals surface area contributed by atoms with Crippen LogP contribution in [0.25, 0.3) is 0 Å². The van der Waals surface area contributed by atoms with Crippen molar-refractivity contribution >= 4 is 11.9 Å². The summed E-state index contributed by atoms with van der Waals surface area (Å²) in [7, 11) is 0. The highest BCUT2D eigenvalue weighted by molar-refractivity contribution is 5.91. The lowest BCUT2D eigenvalue weighted by molar-refractivity contribution is -0.155. The number of aliphatic hydroxyl groups is 1. The molecule has 3 aliphatic heterocycles. The van der Waals surface area contributed by atoms with E-state index in [0.717, 1.165) is 42.6 Å². The number of nitrogens with zero attached hydrogens (tertiary/aromatic N) is 1. The van der Waals surface area contributed by atoms with E-state index in [0.29, 0.717) is 12.3 Å². The molecule has 6 heteroatoms. The Kier molecular flexibility index (Phi) is 7.67. The van der Waals surface area contributed by atoms with E-state index in [1.807, 2.05) is 18.2 Å². The van der Waals surface area contributed by atoms with E-state index in [4.69, 9.17) is 9.47 Å². The molecule has 0 amide bonds. The Hall–Kier alpha value is -2.62. The Labute approximate surface area is 177 Å². The fourth-order valence-electron chi connectivity index (χ4n) is 4.07. The summed E-state index contributed by atoms with van der Waals surface area (Å²) in [5.41, 5.74) is 2.68. The van der Waals surface area contributed by atoms with Gasteiger partial charge in [0.2, 0.25) is 0 Å². The summed E-state index contributed by atoms with van der Waals surface area (Å²) in [6.07, 6.45) is 3.75. The van der Waals surface area contributed by atoms with Crippen molar-refractivity contribution in [3.05, 3.63) is 47.5 Å². The van der Waals surface area contributed by atoms with Crippen molar-refractivity contribution in [3.63, 3.8) is 0 Å². The van der Waals surface area contributed by atoms with Gasteiger partial charge in [0.1, 0.15) is 13.0 Å².